The summed E-state index contributed by atoms with van der Waals surface area (Å²) < 4.78 is 74.0. The van der Waals surface area contributed by atoms with Crippen molar-refractivity contribution in [1.29, 1.82) is 0 Å². The first-order valence-electron chi connectivity index (χ1n) is 13.1. The van der Waals surface area contributed by atoms with Crippen LogP contribution in [0, 0.1) is 22.5 Å². The number of carbonyl (C=O) groups excluding carboxylic acids is 3. The van der Waals surface area contributed by atoms with Gasteiger partial charge in [0, 0.05) is 54.9 Å². The summed E-state index contributed by atoms with van der Waals surface area (Å²) in [5.41, 5.74) is -2.41. The topological polar surface area (TPSA) is 104 Å². The van der Waals surface area contributed by atoms with Crippen molar-refractivity contribution in [2.24, 2.45) is 15.9 Å². The summed E-state index contributed by atoms with van der Waals surface area (Å²) in [4.78, 5) is 45.3. The van der Waals surface area contributed by atoms with Gasteiger partial charge in [0.2, 0.25) is 11.8 Å². The molecule has 1 saturated heterocycles. The van der Waals surface area contributed by atoms with Crippen LogP contribution in [0.5, 0.6) is 0 Å². The highest BCUT2D eigenvalue weighted by Gasteiger charge is 2.60. The van der Waals surface area contributed by atoms with Crippen LogP contribution in [0.25, 0.3) is 0 Å². The van der Waals surface area contributed by atoms with Crippen LogP contribution in [0.4, 0.5) is 22.0 Å². The van der Waals surface area contributed by atoms with E-state index in [0.29, 0.717) is 11.8 Å². The van der Waals surface area contributed by atoms with Gasteiger partial charge in [0.15, 0.2) is 0 Å². The van der Waals surface area contributed by atoms with Crippen molar-refractivity contribution in [3.8, 4) is 0 Å². The van der Waals surface area contributed by atoms with Crippen molar-refractivity contribution >= 4 is 23.4 Å². The lowest BCUT2D eigenvalue weighted by Gasteiger charge is -2.40. The van der Waals surface area contributed by atoms with E-state index >= 15 is 0 Å². The third kappa shape index (κ3) is 6.58. The van der Waals surface area contributed by atoms with Gasteiger partial charge in [-0.25, -0.2) is 8.78 Å². The molecule has 4 rings (SSSR count). The molecule has 1 N–H and O–H groups in total. The van der Waals surface area contributed by atoms with Crippen molar-refractivity contribution in [2.45, 2.75) is 52.6 Å². The fourth-order valence-electron chi connectivity index (χ4n) is 4.78. The van der Waals surface area contributed by atoms with E-state index in [1.807, 2.05) is 0 Å². The molecular weight excluding hydrogens is 565 g/mol. The molecule has 0 unspecified atom stereocenters. The minimum absolute atomic E-state index is 0.0154. The van der Waals surface area contributed by atoms with Crippen LogP contribution in [-0.2, 0) is 32.1 Å². The number of halogens is 5. The second-order valence-corrected chi connectivity index (χ2v) is 11.2. The van der Waals surface area contributed by atoms with Crippen molar-refractivity contribution in [2.75, 3.05) is 19.7 Å². The Balaban J connectivity index is 1.59. The Hall–Kier alpha value is -3.94. The molecule has 0 bridgehead atoms. The number of pyridine rings is 1. The predicted octanol–water partition coefficient (Wildman–Crippen LogP) is 3.59. The number of ether oxygens (including phenoxy) is 1. The van der Waals surface area contributed by atoms with E-state index in [1.165, 1.54) is 17.2 Å². The molecule has 2 atom stereocenters. The number of aromatic nitrogens is 1. The molecule has 3 amide bonds. The maximum Gasteiger partial charge on any atom is 0.507 e. The van der Waals surface area contributed by atoms with Gasteiger partial charge in [-0.3, -0.25) is 19.4 Å². The molecule has 2 aromatic rings. The molecule has 1 fully saturated rings. The molecule has 14 heteroatoms. The lowest BCUT2D eigenvalue weighted by Crippen LogP contribution is -2.60. The molecule has 1 aromatic carbocycles. The Morgan fingerprint density at radius 2 is 1.88 bits per heavy atom. The number of carbonyl (C=O) groups is 3. The Kier molecular flexibility index (Phi) is 8.67. The van der Waals surface area contributed by atoms with Crippen LogP contribution in [-0.4, -0.2) is 70.4 Å². The number of hydrogen-bond donors (Lipinski definition) is 1. The highest BCUT2D eigenvalue weighted by atomic mass is 19.4. The minimum Gasteiger partial charge on any atom is -0.374 e. The lowest BCUT2D eigenvalue weighted by molar-refractivity contribution is -0.241. The highest BCUT2D eigenvalue weighted by molar-refractivity contribution is 6.14. The van der Waals surface area contributed by atoms with Gasteiger partial charge >= 0.3 is 6.30 Å². The zero-order valence-electron chi connectivity index (χ0n) is 23.2. The Bertz CT molecular complexity index is 1380. The first-order valence-corrected chi connectivity index (χ1v) is 13.1. The van der Waals surface area contributed by atoms with Crippen LogP contribution in [0.2, 0.25) is 0 Å². The fraction of sp³-hybridized carbons (Fsp3) is 0.464. The van der Waals surface area contributed by atoms with Gasteiger partial charge in [-0.15, -0.1) is 18.2 Å². The number of fused-ring (bicyclic) bond motifs is 1. The first kappa shape index (κ1) is 31.0. The number of rotatable bonds is 8. The Morgan fingerprint density at radius 1 is 1.14 bits per heavy atom. The van der Waals surface area contributed by atoms with E-state index < -0.39 is 70.7 Å². The summed E-state index contributed by atoms with van der Waals surface area (Å²) in [6.45, 7) is 3.56. The van der Waals surface area contributed by atoms with Crippen LogP contribution in [0.3, 0.4) is 0 Å². The van der Waals surface area contributed by atoms with E-state index in [2.05, 4.69) is 15.4 Å². The Morgan fingerprint density at radius 3 is 2.50 bits per heavy atom. The number of piperidine rings is 1. The normalized spacial score (nSPS) is 19.8. The number of hydrazone groups is 1. The average Bonchev–Trinajstić information content (AvgIpc) is 3.20. The molecule has 0 aliphatic carbocycles. The first-order chi connectivity index (χ1) is 19.6. The summed E-state index contributed by atoms with van der Waals surface area (Å²) in [7, 11) is 0. The fourth-order valence-corrected chi connectivity index (χ4v) is 4.78. The van der Waals surface area contributed by atoms with Crippen LogP contribution >= 0.6 is 0 Å². The van der Waals surface area contributed by atoms with E-state index in [1.54, 1.807) is 39.0 Å². The average molecular weight is 596 g/mol. The van der Waals surface area contributed by atoms with Gasteiger partial charge in [0.05, 0.1) is 18.9 Å². The molecule has 0 spiro atoms. The van der Waals surface area contributed by atoms with Gasteiger partial charge in [0.25, 0.3) is 5.91 Å². The smallest absolute Gasteiger partial charge is 0.374 e. The van der Waals surface area contributed by atoms with Crippen LogP contribution in [0.15, 0.2) is 47.7 Å². The summed E-state index contributed by atoms with van der Waals surface area (Å²) in [5, 5.41) is 5.70. The maximum atomic E-state index is 14.1. The third-order valence-electron chi connectivity index (χ3n) is 7.06. The third-order valence-corrected chi connectivity index (χ3v) is 7.06. The van der Waals surface area contributed by atoms with Crippen molar-refractivity contribution in [3.05, 3.63) is 65.5 Å². The number of amides is 3. The van der Waals surface area contributed by atoms with Crippen molar-refractivity contribution < 1.29 is 41.1 Å². The number of alkyl halides is 3. The SMILES string of the molecule is CC(C)(C)C(=O)N[C@H](COCc1ccc(F)cc1F)C(=O)N1CCC2=NN(C(F)(F)F)C(=O)[C@]2(Cc2ccccn2)C1. The molecule has 3 heterocycles. The summed E-state index contributed by atoms with van der Waals surface area (Å²) in [5.74, 6) is -4.18. The van der Waals surface area contributed by atoms with E-state index in [0.717, 1.165) is 6.07 Å². The van der Waals surface area contributed by atoms with Gasteiger partial charge in [-0.05, 0) is 18.2 Å². The van der Waals surface area contributed by atoms with Gasteiger partial charge in [-0.1, -0.05) is 32.9 Å². The van der Waals surface area contributed by atoms with Crippen molar-refractivity contribution in [1.82, 2.24) is 20.2 Å². The number of nitrogens with zero attached hydrogens (tertiary/aromatic N) is 4. The maximum absolute atomic E-state index is 14.1. The molecule has 9 nitrogen and oxygen atoms in total. The minimum atomic E-state index is -5.07. The summed E-state index contributed by atoms with van der Waals surface area (Å²) >= 11 is 0. The summed E-state index contributed by atoms with van der Waals surface area (Å²) in [6, 6.07) is 6.39. The van der Waals surface area contributed by atoms with Crippen LogP contribution < -0.4 is 5.32 Å². The standard InChI is InChI=1S/C28H30F5N5O4/c1-26(2,3)24(40)35-21(15-42-14-17-7-8-18(29)12-20(17)30)23(39)37-11-9-22-27(16-37,13-19-6-4-5-10-34-19)25(41)38(36-22)28(31,32)33/h4-8,10,12,21H,9,11,13-16H2,1-3H3,(H,35,40)/t21-,27-/m1/s1. The molecule has 42 heavy (non-hydrogen) atoms. The molecular formula is C28H30F5N5O4. The predicted molar refractivity (Wildman–Crippen MR) is 139 cm³/mol. The zero-order chi connectivity index (χ0) is 30.9. The van der Waals surface area contributed by atoms with Gasteiger partial charge in [-0.2, -0.15) is 5.10 Å². The summed E-state index contributed by atoms with van der Waals surface area (Å²) in [6.07, 6.45) is -3.99. The molecule has 0 radical (unpaired) electrons. The molecule has 226 valence electrons. The molecule has 2 aliphatic rings. The zero-order valence-corrected chi connectivity index (χ0v) is 23.2. The largest absolute Gasteiger partial charge is 0.507 e. The van der Waals surface area contributed by atoms with Crippen LogP contribution in [0.1, 0.15) is 38.4 Å². The molecule has 0 saturated carbocycles. The van der Waals surface area contributed by atoms with Gasteiger partial charge < -0.3 is 15.0 Å². The molecule has 1 aromatic heterocycles. The second kappa shape index (κ2) is 11.7. The lowest BCUT2D eigenvalue weighted by atomic mass is 9.74. The van der Waals surface area contributed by atoms with E-state index in [4.69, 9.17) is 4.74 Å². The number of nitrogens with one attached hydrogen (secondary N) is 1. The number of likely N-dealkylation sites (tertiary alicyclic amines) is 1. The quantitative estimate of drug-likeness (QED) is 0.371. The molecule has 2 aliphatic heterocycles. The van der Waals surface area contributed by atoms with Gasteiger partial charge in [0.1, 0.15) is 23.1 Å². The van der Waals surface area contributed by atoms with E-state index in [9.17, 15) is 36.3 Å². The monoisotopic (exact) mass is 595 g/mol. The van der Waals surface area contributed by atoms with Crippen molar-refractivity contribution in [3.63, 3.8) is 0 Å². The Labute approximate surface area is 238 Å². The number of hydrogen-bond acceptors (Lipinski definition) is 6. The number of benzene rings is 1. The van der Waals surface area contributed by atoms with E-state index in [-0.39, 0.29) is 37.3 Å². The highest BCUT2D eigenvalue weighted by Crippen LogP contribution is 2.42. The second-order valence-electron chi connectivity index (χ2n) is 11.2.